The summed E-state index contributed by atoms with van der Waals surface area (Å²) in [5, 5.41) is 28.7. The van der Waals surface area contributed by atoms with Crippen molar-refractivity contribution in [1.29, 1.82) is 0 Å². The van der Waals surface area contributed by atoms with E-state index in [4.69, 9.17) is 0 Å². The lowest BCUT2D eigenvalue weighted by Crippen LogP contribution is -2.79. The first kappa shape index (κ1) is 36.5. The van der Waals surface area contributed by atoms with E-state index in [0.29, 0.717) is 30.2 Å². The molecule has 1 atom stereocenters. The number of hydrogen-bond acceptors (Lipinski definition) is 8. The number of benzene rings is 2. The Labute approximate surface area is 274 Å². The number of nitrogens with one attached hydrogen (secondary N) is 3. The summed E-state index contributed by atoms with van der Waals surface area (Å²) in [6.07, 6.45) is -0.247. The third kappa shape index (κ3) is 8.62. The van der Waals surface area contributed by atoms with Crippen LogP contribution < -0.4 is 16.0 Å². The molecule has 1 aromatic heterocycles. The molecule has 0 fully saturated rings. The molecule has 0 aliphatic heterocycles. The number of thiazole rings is 1. The first-order valence-corrected chi connectivity index (χ1v) is 17.3. The molecule has 14 heteroatoms. The van der Waals surface area contributed by atoms with Crippen LogP contribution in [0.1, 0.15) is 60.5 Å². The minimum absolute atomic E-state index is 0.204. The second-order valence-electron chi connectivity index (χ2n) is 13.1. The standard InChI is InChI=1S/C32H43N5O7S2/c1-20(38)34-27-35-25(26(45-27)23-15-17-24(18-16-23)46(8,43)44)22-13-11-21(12-14-22)10-9-19-33-32(30(2,3)4,36-28(39)40)37(29(41)42)31(5,6)7/h11-18,33,36H,9-10,19H2,1-8H3,(H,39,40)(H,41,42)(H,34,35,38). The maximum atomic E-state index is 12.5. The maximum absolute atomic E-state index is 12.5. The molecule has 250 valence electrons. The highest BCUT2D eigenvalue weighted by Crippen LogP contribution is 2.40. The van der Waals surface area contributed by atoms with Gasteiger partial charge < -0.3 is 15.5 Å². The minimum atomic E-state index is -3.36. The summed E-state index contributed by atoms with van der Waals surface area (Å²) in [6.45, 7) is 12.2. The van der Waals surface area contributed by atoms with Crippen molar-refractivity contribution >= 4 is 44.4 Å². The molecule has 0 saturated heterocycles. The molecule has 3 aromatic rings. The predicted molar refractivity (Wildman–Crippen MR) is 180 cm³/mol. The zero-order valence-electron chi connectivity index (χ0n) is 27.4. The average Bonchev–Trinajstić information content (AvgIpc) is 3.32. The largest absolute Gasteiger partial charge is 0.465 e. The van der Waals surface area contributed by atoms with E-state index in [1.54, 1.807) is 65.8 Å². The number of anilines is 1. The maximum Gasteiger partial charge on any atom is 0.410 e. The highest BCUT2D eigenvalue weighted by molar-refractivity contribution is 7.90. The lowest BCUT2D eigenvalue weighted by molar-refractivity contribution is -0.114. The summed E-state index contributed by atoms with van der Waals surface area (Å²) in [6, 6.07) is 14.3. The molecule has 1 unspecified atom stereocenters. The molecule has 3 amide bonds. The number of nitrogens with zero attached hydrogens (tertiary/aromatic N) is 2. The number of aromatic nitrogens is 1. The van der Waals surface area contributed by atoms with Crippen LogP contribution in [0.5, 0.6) is 0 Å². The van der Waals surface area contributed by atoms with E-state index < -0.39 is 38.8 Å². The molecule has 0 aliphatic rings. The number of aryl methyl sites for hydroxylation is 1. The van der Waals surface area contributed by atoms with Gasteiger partial charge in [0.15, 0.2) is 20.8 Å². The van der Waals surface area contributed by atoms with Gasteiger partial charge >= 0.3 is 12.2 Å². The van der Waals surface area contributed by atoms with Crippen LogP contribution in [0.2, 0.25) is 0 Å². The zero-order valence-corrected chi connectivity index (χ0v) is 29.0. The van der Waals surface area contributed by atoms with E-state index >= 15 is 0 Å². The van der Waals surface area contributed by atoms with Gasteiger partial charge in [-0.15, -0.1) is 0 Å². The van der Waals surface area contributed by atoms with Gasteiger partial charge in [0.05, 0.1) is 15.5 Å². The van der Waals surface area contributed by atoms with Crippen molar-refractivity contribution < 1.29 is 33.0 Å². The first-order valence-electron chi connectivity index (χ1n) is 14.6. The molecule has 0 spiro atoms. The SMILES string of the molecule is CC(=O)Nc1nc(-c2ccc(CCCNC(NC(=O)O)(N(C(=O)O)C(C)(C)C)C(C)(C)C)cc2)c(-c2ccc(S(C)(=O)=O)cc2)s1. The molecule has 5 N–H and O–H groups in total. The van der Waals surface area contributed by atoms with Crippen LogP contribution in [0.3, 0.4) is 0 Å². The van der Waals surface area contributed by atoms with Crippen molar-refractivity contribution in [2.24, 2.45) is 5.41 Å². The molecule has 12 nitrogen and oxygen atoms in total. The molecular weight excluding hydrogens is 631 g/mol. The molecule has 0 saturated carbocycles. The molecule has 0 aliphatic carbocycles. The van der Waals surface area contributed by atoms with E-state index in [0.717, 1.165) is 32.7 Å². The fourth-order valence-corrected chi connectivity index (χ4v) is 6.89. The van der Waals surface area contributed by atoms with Crippen LogP contribution in [0, 0.1) is 5.41 Å². The van der Waals surface area contributed by atoms with Gasteiger partial charge in [-0.25, -0.2) is 23.0 Å². The Morgan fingerprint density at radius 1 is 0.913 bits per heavy atom. The summed E-state index contributed by atoms with van der Waals surface area (Å²) in [5.41, 5.74) is 1.42. The van der Waals surface area contributed by atoms with E-state index in [9.17, 15) is 33.0 Å². The van der Waals surface area contributed by atoms with Crippen LogP contribution >= 0.6 is 11.3 Å². The summed E-state index contributed by atoms with van der Waals surface area (Å²) in [7, 11) is -3.36. The average molecular weight is 674 g/mol. The van der Waals surface area contributed by atoms with E-state index in [1.807, 2.05) is 24.3 Å². The Hall–Kier alpha value is -4.01. The molecule has 1 heterocycles. The van der Waals surface area contributed by atoms with Crippen LogP contribution in [0.25, 0.3) is 21.7 Å². The Kier molecular flexibility index (Phi) is 10.9. The zero-order chi connectivity index (χ0) is 34.7. The fourth-order valence-electron chi connectivity index (χ4n) is 5.22. The number of hydrogen-bond donors (Lipinski definition) is 5. The topological polar surface area (TPSA) is 178 Å². The van der Waals surface area contributed by atoms with Crippen molar-refractivity contribution in [2.75, 3.05) is 18.1 Å². The third-order valence-electron chi connectivity index (χ3n) is 7.28. The number of carbonyl (C=O) groups is 3. The Morgan fingerprint density at radius 2 is 1.48 bits per heavy atom. The fraction of sp³-hybridized carbons (Fsp3) is 0.438. The summed E-state index contributed by atoms with van der Waals surface area (Å²) in [4.78, 5) is 42.9. The van der Waals surface area contributed by atoms with Gasteiger partial charge in [0.1, 0.15) is 0 Å². The molecule has 46 heavy (non-hydrogen) atoms. The number of carbonyl (C=O) groups excluding carboxylic acids is 1. The van der Waals surface area contributed by atoms with Gasteiger partial charge in [0.2, 0.25) is 5.91 Å². The van der Waals surface area contributed by atoms with Gasteiger partial charge in [-0.1, -0.05) is 68.5 Å². The number of rotatable bonds is 11. The van der Waals surface area contributed by atoms with Crippen molar-refractivity contribution in [2.45, 2.75) is 77.5 Å². The quantitative estimate of drug-likeness (QED) is 0.119. The summed E-state index contributed by atoms with van der Waals surface area (Å²) < 4.78 is 23.9. The van der Waals surface area contributed by atoms with Crippen LogP contribution in [-0.4, -0.2) is 70.7 Å². The van der Waals surface area contributed by atoms with Crippen molar-refractivity contribution in [3.63, 3.8) is 0 Å². The highest BCUT2D eigenvalue weighted by Gasteiger charge is 2.54. The van der Waals surface area contributed by atoms with Gasteiger partial charge in [-0.3, -0.25) is 20.3 Å². The van der Waals surface area contributed by atoms with Crippen LogP contribution in [-0.2, 0) is 21.1 Å². The van der Waals surface area contributed by atoms with Gasteiger partial charge in [-0.2, -0.15) is 0 Å². The molecule has 2 aromatic carbocycles. The van der Waals surface area contributed by atoms with E-state index in [-0.39, 0.29) is 10.8 Å². The lowest BCUT2D eigenvalue weighted by Gasteiger charge is -2.55. The Morgan fingerprint density at radius 3 is 1.93 bits per heavy atom. The first-order chi connectivity index (χ1) is 21.2. The predicted octanol–water partition coefficient (Wildman–Crippen LogP) is 6.11. The van der Waals surface area contributed by atoms with E-state index in [2.05, 4.69) is 20.9 Å². The monoisotopic (exact) mass is 673 g/mol. The van der Waals surface area contributed by atoms with Crippen LogP contribution in [0.4, 0.5) is 14.7 Å². The van der Waals surface area contributed by atoms with Gasteiger partial charge in [-0.05, 0) is 63.4 Å². The van der Waals surface area contributed by atoms with Crippen molar-refractivity contribution in [3.8, 4) is 21.7 Å². The number of amides is 3. The third-order valence-corrected chi connectivity index (χ3v) is 9.42. The second-order valence-corrected chi connectivity index (χ2v) is 16.1. The van der Waals surface area contributed by atoms with E-state index in [1.165, 1.54) is 18.3 Å². The van der Waals surface area contributed by atoms with Crippen LogP contribution in [0.15, 0.2) is 53.4 Å². The lowest BCUT2D eigenvalue weighted by atomic mass is 9.82. The number of sulfone groups is 1. The number of carboxylic acid groups (broad SMARTS) is 2. The summed E-state index contributed by atoms with van der Waals surface area (Å²) in [5.74, 6) is -1.87. The Bertz CT molecular complexity index is 1670. The molecular formula is C32H43N5O7S2. The smallest absolute Gasteiger partial charge is 0.410 e. The Balaban J connectivity index is 1.84. The molecule has 0 radical (unpaired) electrons. The summed E-state index contributed by atoms with van der Waals surface area (Å²) >= 11 is 1.29. The molecule has 3 rings (SSSR count). The van der Waals surface area contributed by atoms with Gasteiger partial charge in [0.25, 0.3) is 0 Å². The molecule has 0 bridgehead atoms. The van der Waals surface area contributed by atoms with Crippen molar-refractivity contribution in [3.05, 3.63) is 54.1 Å². The van der Waals surface area contributed by atoms with Gasteiger partial charge in [0, 0.05) is 29.7 Å². The minimum Gasteiger partial charge on any atom is -0.465 e. The van der Waals surface area contributed by atoms with Crippen molar-refractivity contribution in [1.82, 2.24) is 20.5 Å². The highest BCUT2D eigenvalue weighted by atomic mass is 32.2. The normalized spacial score (nSPS) is 13.5. The second kappa shape index (κ2) is 13.8.